The number of rotatable bonds is 1. The lowest BCUT2D eigenvalue weighted by Crippen LogP contribution is -2.36. The molecule has 9 heteroatoms. The Hall–Kier alpha value is -1.42. The standard InChI is InChI=1S/C9H8N2O6S/c12-5-1-2-11(9(14)10-5)8-6(13)7-4(16-8)3-15-18-17-7/h1-2,4,7-8H,3H2,(H,10,12,14)/t4-,7-,8-/m1/s1. The minimum atomic E-state index is -1.09. The summed E-state index contributed by atoms with van der Waals surface area (Å²) in [5.74, 6) is -0.370. The van der Waals surface area contributed by atoms with E-state index in [0.29, 0.717) is 0 Å². The summed E-state index contributed by atoms with van der Waals surface area (Å²) in [5, 5.41) is 0. The number of fused-ring (bicyclic) bond motifs is 1. The fourth-order valence-corrected chi connectivity index (χ4v) is 2.39. The van der Waals surface area contributed by atoms with Crippen LogP contribution in [-0.4, -0.2) is 34.1 Å². The van der Waals surface area contributed by atoms with Gasteiger partial charge in [-0.2, -0.15) is 0 Å². The van der Waals surface area contributed by atoms with Gasteiger partial charge in [0.15, 0.2) is 18.4 Å². The van der Waals surface area contributed by atoms with Crippen molar-refractivity contribution in [2.24, 2.45) is 0 Å². The average Bonchev–Trinajstić information content (AvgIpc) is 2.68. The first kappa shape index (κ1) is 11.7. The van der Waals surface area contributed by atoms with Gasteiger partial charge in [0.05, 0.1) is 6.61 Å². The molecule has 0 aromatic carbocycles. The SMILES string of the molecule is O=C1[C@H](n2ccc(=O)[nH]c2=O)O[C@@H]2COSO[C@@H]12. The van der Waals surface area contributed by atoms with Gasteiger partial charge in [-0.25, -0.2) is 4.79 Å². The van der Waals surface area contributed by atoms with E-state index in [1.165, 1.54) is 6.20 Å². The third-order valence-corrected chi connectivity index (χ3v) is 3.21. The molecule has 2 aliphatic heterocycles. The summed E-state index contributed by atoms with van der Waals surface area (Å²) in [7, 11) is 0. The predicted octanol–water partition coefficient (Wildman–Crippen LogP) is -1.02. The largest absolute Gasteiger partial charge is 0.341 e. The fourth-order valence-electron chi connectivity index (χ4n) is 1.84. The van der Waals surface area contributed by atoms with Crippen molar-refractivity contribution in [3.63, 3.8) is 0 Å². The average molecular weight is 272 g/mol. The molecule has 1 aromatic heterocycles. The van der Waals surface area contributed by atoms with E-state index in [2.05, 4.69) is 4.98 Å². The van der Waals surface area contributed by atoms with Crippen molar-refractivity contribution in [1.29, 1.82) is 0 Å². The number of nitrogens with one attached hydrogen (secondary N) is 1. The molecule has 2 aliphatic rings. The summed E-state index contributed by atoms with van der Waals surface area (Å²) < 4.78 is 16.4. The lowest BCUT2D eigenvalue weighted by molar-refractivity contribution is -0.129. The van der Waals surface area contributed by atoms with Crippen LogP contribution in [0.5, 0.6) is 0 Å². The Kier molecular flexibility index (Phi) is 2.82. The summed E-state index contributed by atoms with van der Waals surface area (Å²) in [4.78, 5) is 36.6. The van der Waals surface area contributed by atoms with Gasteiger partial charge in [-0.3, -0.25) is 27.5 Å². The summed E-state index contributed by atoms with van der Waals surface area (Å²) in [6, 6.07) is 1.14. The quantitative estimate of drug-likeness (QED) is 0.653. The Morgan fingerprint density at radius 1 is 1.39 bits per heavy atom. The maximum atomic E-state index is 12.0. The normalized spacial score (nSPS) is 31.3. The van der Waals surface area contributed by atoms with E-state index in [-0.39, 0.29) is 12.4 Å². The number of ether oxygens (including phenoxy) is 1. The van der Waals surface area contributed by atoms with E-state index in [1.54, 1.807) is 0 Å². The molecule has 1 aromatic rings. The molecule has 0 unspecified atom stereocenters. The number of hydrogen-bond donors (Lipinski definition) is 1. The lowest BCUT2D eigenvalue weighted by Gasteiger charge is -2.20. The van der Waals surface area contributed by atoms with Crippen LogP contribution in [0.4, 0.5) is 0 Å². The molecule has 3 rings (SSSR count). The minimum absolute atomic E-state index is 0.204. The van der Waals surface area contributed by atoms with Crippen LogP contribution >= 0.6 is 12.3 Å². The third-order valence-electron chi connectivity index (χ3n) is 2.69. The van der Waals surface area contributed by atoms with Gasteiger partial charge in [-0.1, -0.05) is 0 Å². The molecule has 18 heavy (non-hydrogen) atoms. The number of nitrogens with zero attached hydrogens (tertiary/aromatic N) is 1. The number of carbonyl (C=O) groups excluding carboxylic acids is 1. The Morgan fingerprint density at radius 2 is 2.22 bits per heavy atom. The highest BCUT2D eigenvalue weighted by Gasteiger charge is 2.48. The van der Waals surface area contributed by atoms with Crippen molar-refractivity contribution in [2.45, 2.75) is 18.4 Å². The van der Waals surface area contributed by atoms with Crippen molar-refractivity contribution >= 4 is 18.1 Å². The van der Waals surface area contributed by atoms with Gasteiger partial charge in [0.1, 0.15) is 6.10 Å². The molecule has 8 nitrogen and oxygen atoms in total. The highest BCUT2D eigenvalue weighted by molar-refractivity contribution is 7.89. The molecular formula is C9H8N2O6S. The number of aromatic amines is 1. The number of aromatic nitrogens is 2. The van der Waals surface area contributed by atoms with Gasteiger partial charge in [0.2, 0.25) is 12.0 Å². The lowest BCUT2D eigenvalue weighted by atomic mass is 10.1. The Bertz CT molecular complexity index is 595. The highest BCUT2D eigenvalue weighted by Crippen LogP contribution is 2.33. The monoisotopic (exact) mass is 272 g/mol. The summed E-state index contributed by atoms with van der Waals surface area (Å²) in [6.45, 7) is 0.204. The molecule has 2 fully saturated rings. The molecule has 0 spiro atoms. The van der Waals surface area contributed by atoms with Crippen LogP contribution in [0, 0.1) is 0 Å². The zero-order chi connectivity index (χ0) is 12.7. The third kappa shape index (κ3) is 1.81. The first-order chi connectivity index (χ1) is 8.66. The molecule has 2 saturated heterocycles. The predicted molar refractivity (Wildman–Crippen MR) is 58.7 cm³/mol. The highest BCUT2D eigenvalue weighted by atomic mass is 32.2. The second kappa shape index (κ2) is 4.35. The molecule has 3 heterocycles. The number of H-pyrrole nitrogens is 1. The van der Waals surface area contributed by atoms with Crippen molar-refractivity contribution in [1.82, 2.24) is 9.55 Å². The first-order valence-corrected chi connectivity index (χ1v) is 5.79. The van der Waals surface area contributed by atoms with Crippen molar-refractivity contribution in [2.75, 3.05) is 6.61 Å². The number of Topliss-reactive ketones (excluding diaryl/α,β-unsaturated/α-hetero) is 1. The van der Waals surface area contributed by atoms with Crippen LogP contribution in [-0.2, 0) is 17.9 Å². The summed E-state index contributed by atoms with van der Waals surface area (Å²) in [5.41, 5.74) is -1.23. The number of ketones is 1. The first-order valence-electron chi connectivity index (χ1n) is 5.12. The second-order valence-electron chi connectivity index (χ2n) is 3.82. The Morgan fingerprint density at radius 3 is 2.94 bits per heavy atom. The van der Waals surface area contributed by atoms with Crippen LogP contribution < -0.4 is 11.2 Å². The van der Waals surface area contributed by atoms with Crippen LogP contribution in [0.1, 0.15) is 6.23 Å². The van der Waals surface area contributed by atoms with Crippen molar-refractivity contribution in [3.8, 4) is 0 Å². The second-order valence-corrected chi connectivity index (χ2v) is 4.38. The van der Waals surface area contributed by atoms with Gasteiger partial charge in [0.25, 0.3) is 5.56 Å². The van der Waals surface area contributed by atoms with E-state index in [4.69, 9.17) is 13.1 Å². The van der Waals surface area contributed by atoms with Crippen molar-refractivity contribution in [3.05, 3.63) is 33.1 Å². The maximum absolute atomic E-state index is 12.0. The number of hydrogen-bond acceptors (Lipinski definition) is 7. The molecule has 0 radical (unpaired) electrons. The van der Waals surface area contributed by atoms with Gasteiger partial charge in [0, 0.05) is 12.3 Å². The minimum Gasteiger partial charge on any atom is -0.341 e. The zero-order valence-electron chi connectivity index (χ0n) is 8.90. The smallest absolute Gasteiger partial charge is 0.330 e. The van der Waals surface area contributed by atoms with Crippen LogP contribution in [0.15, 0.2) is 21.9 Å². The molecule has 0 aliphatic carbocycles. The molecule has 96 valence electrons. The molecular weight excluding hydrogens is 264 g/mol. The summed E-state index contributed by atoms with van der Waals surface area (Å²) >= 11 is 0.733. The van der Waals surface area contributed by atoms with Gasteiger partial charge >= 0.3 is 5.69 Å². The molecule has 1 N–H and O–H groups in total. The topological polar surface area (TPSA) is 99.6 Å². The fraction of sp³-hybridized carbons (Fsp3) is 0.444. The van der Waals surface area contributed by atoms with E-state index >= 15 is 0 Å². The van der Waals surface area contributed by atoms with Gasteiger partial charge < -0.3 is 4.74 Å². The molecule has 0 bridgehead atoms. The van der Waals surface area contributed by atoms with Gasteiger partial charge in [-0.05, 0) is 0 Å². The molecule has 3 atom stereocenters. The van der Waals surface area contributed by atoms with Crippen LogP contribution in [0.3, 0.4) is 0 Å². The Balaban J connectivity index is 1.95. The van der Waals surface area contributed by atoms with Crippen LogP contribution in [0.2, 0.25) is 0 Å². The van der Waals surface area contributed by atoms with Crippen molar-refractivity contribution < 1.29 is 17.9 Å². The van der Waals surface area contributed by atoms with E-state index in [0.717, 1.165) is 23.0 Å². The number of carbonyl (C=O) groups is 1. The van der Waals surface area contributed by atoms with E-state index in [9.17, 15) is 14.4 Å². The van der Waals surface area contributed by atoms with E-state index in [1.807, 2.05) is 0 Å². The molecule has 0 amide bonds. The summed E-state index contributed by atoms with van der Waals surface area (Å²) in [6.07, 6.45) is -1.17. The zero-order valence-corrected chi connectivity index (χ0v) is 9.72. The van der Waals surface area contributed by atoms with E-state index < -0.39 is 29.7 Å². The van der Waals surface area contributed by atoms with Gasteiger partial charge in [-0.15, -0.1) is 0 Å². The maximum Gasteiger partial charge on any atom is 0.330 e. The molecule has 0 saturated carbocycles. The Labute approximate surface area is 104 Å². The van der Waals surface area contributed by atoms with Crippen LogP contribution in [0.25, 0.3) is 0 Å².